The molecule has 1 heterocycles. The number of hydrogen-bond donors (Lipinski definition) is 2. The van der Waals surface area contributed by atoms with Crippen LogP contribution in [0.5, 0.6) is 5.75 Å². The van der Waals surface area contributed by atoms with Crippen molar-refractivity contribution in [3.63, 3.8) is 0 Å². The van der Waals surface area contributed by atoms with Gasteiger partial charge in [-0.05, 0) is 30.7 Å². The minimum absolute atomic E-state index is 0.0862. The first-order valence-corrected chi connectivity index (χ1v) is 6.62. The first-order valence-electron chi connectivity index (χ1n) is 5.58. The summed E-state index contributed by atoms with van der Waals surface area (Å²) >= 11 is 1.62. The fourth-order valence-corrected chi connectivity index (χ4v) is 2.97. The van der Waals surface area contributed by atoms with Gasteiger partial charge in [-0.3, -0.25) is 4.79 Å². The van der Waals surface area contributed by atoms with Crippen molar-refractivity contribution in [2.45, 2.75) is 24.5 Å². The van der Waals surface area contributed by atoms with E-state index in [-0.39, 0.29) is 22.6 Å². The lowest BCUT2D eigenvalue weighted by Crippen LogP contribution is -2.27. The molecule has 0 aliphatic carbocycles. The topological polar surface area (TPSA) is 49.3 Å². The van der Waals surface area contributed by atoms with Gasteiger partial charge >= 0.3 is 0 Å². The van der Waals surface area contributed by atoms with Crippen molar-refractivity contribution in [3.05, 3.63) is 24.0 Å². The number of amides is 1. The lowest BCUT2D eigenvalue weighted by Gasteiger charge is -2.20. The van der Waals surface area contributed by atoms with Crippen LogP contribution in [-0.2, 0) is 4.79 Å². The molecule has 1 aliphatic rings. The smallest absolute Gasteiger partial charge is 0.237 e. The van der Waals surface area contributed by atoms with Crippen LogP contribution in [0.15, 0.2) is 18.2 Å². The molecular formula is C12H14FNO2S. The highest BCUT2D eigenvalue weighted by Crippen LogP contribution is 2.27. The van der Waals surface area contributed by atoms with Crippen LogP contribution in [0.2, 0.25) is 0 Å². The summed E-state index contributed by atoms with van der Waals surface area (Å²) in [6.45, 7) is 0. The third-order valence-corrected chi connectivity index (χ3v) is 4.06. The summed E-state index contributed by atoms with van der Waals surface area (Å²) in [6.07, 6.45) is 3.03. The minimum Gasteiger partial charge on any atom is -0.508 e. The second kappa shape index (κ2) is 5.40. The molecule has 0 spiro atoms. The van der Waals surface area contributed by atoms with Crippen molar-refractivity contribution < 1.29 is 14.3 Å². The van der Waals surface area contributed by atoms with Gasteiger partial charge in [-0.25, -0.2) is 4.39 Å². The molecule has 1 amide bonds. The number of benzene rings is 1. The fraction of sp³-hybridized carbons (Fsp3) is 0.417. The van der Waals surface area contributed by atoms with Crippen molar-refractivity contribution in [3.8, 4) is 5.75 Å². The van der Waals surface area contributed by atoms with Crippen molar-refractivity contribution in [2.75, 3.05) is 11.1 Å². The molecular weight excluding hydrogens is 241 g/mol. The Hall–Kier alpha value is -1.23. The molecule has 1 aromatic carbocycles. The van der Waals surface area contributed by atoms with E-state index in [4.69, 9.17) is 5.11 Å². The van der Waals surface area contributed by atoms with E-state index in [1.807, 2.05) is 0 Å². The Bertz CT molecular complexity index is 419. The molecule has 1 aliphatic heterocycles. The molecule has 1 atom stereocenters. The Balaban J connectivity index is 2.02. The zero-order valence-electron chi connectivity index (χ0n) is 9.28. The monoisotopic (exact) mass is 255 g/mol. The predicted octanol–water partition coefficient (Wildman–Crippen LogP) is 2.76. The van der Waals surface area contributed by atoms with Crippen LogP contribution in [-0.4, -0.2) is 22.0 Å². The van der Waals surface area contributed by atoms with Crippen LogP contribution < -0.4 is 5.32 Å². The van der Waals surface area contributed by atoms with Gasteiger partial charge in [0, 0.05) is 6.07 Å². The molecule has 0 aromatic heterocycles. The zero-order chi connectivity index (χ0) is 12.3. The number of phenolic OH excluding ortho intramolecular Hbond substituents is 1. The van der Waals surface area contributed by atoms with Crippen LogP contribution >= 0.6 is 11.8 Å². The SMILES string of the molecule is O=C(Nc1ccc(O)cc1F)C1CCCCS1. The number of anilines is 1. The quantitative estimate of drug-likeness (QED) is 0.799. The Kier molecular flexibility index (Phi) is 3.89. The molecule has 2 N–H and O–H groups in total. The Labute approximate surface area is 103 Å². The molecule has 1 unspecified atom stereocenters. The number of carbonyl (C=O) groups is 1. The molecule has 1 aromatic rings. The van der Waals surface area contributed by atoms with E-state index in [0.717, 1.165) is 31.1 Å². The number of thioether (sulfide) groups is 1. The van der Waals surface area contributed by atoms with Crippen molar-refractivity contribution in [1.29, 1.82) is 0 Å². The molecule has 5 heteroatoms. The summed E-state index contributed by atoms with van der Waals surface area (Å²) in [6, 6.07) is 3.71. The zero-order valence-corrected chi connectivity index (χ0v) is 10.1. The van der Waals surface area contributed by atoms with E-state index >= 15 is 0 Å². The maximum absolute atomic E-state index is 13.4. The van der Waals surface area contributed by atoms with Crippen molar-refractivity contribution in [2.24, 2.45) is 0 Å². The largest absolute Gasteiger partial charge is 0.508 e. The minimum atomic E-state index is -0.612. The van der Waals surface area contributed by atoms with Gasteiger partial charge in [0.15, 0.2) is 0 Å². The molecule has 3 nitrogen and oxygen atoms in total. The van der Waals surface area contributed by atoms with Crippen LogP contribution in [0, 0.1) is 5.82 Å². The molecule has 1 fully saturated rings. The third kappa shape index (κ3) is 3.12. The first kappa shape index (κ1) is 12.2. The van der Waals surface area contributed by atoms with Gasteiger partial charge in [0.25, 0.3) is 0 Å². The van der Waals surface area contributed by atoms with E-state index in [1.54, 1.807) is 11.8 Å². The molecule has 1 saturated heterocycles. The van der Waals surface area contributed by atoms with Gasteiger partial charge in [0.2, 0.25) is 5.91 Å². The second-order valence-electron chi connectivity index (χ2n) is 4.01. The average molecular weight is 255 g/mol. The Morgan fingerprint density at radius 3 is 2.94 bits per heavy atom. The highest BCUT2D eigenvalue weighted by molar-refractivity contribution is 8.00. The van der Waals surface area contributed by atoms with Gasteiger partial charge < -0.3 is 10.4 Å². The van der Waals surface area contributed by atoms with E-state index < -0.39 is 5.82 Å². The molecule has 0 radical (unpaired) electrons. The van der Waals surface area contributed by atoms with E-state index in [1.165, 1.54) is 12.1 Å². The number of halogens is 1. The highest BCUT2D eigenvalue weighted by atomic mass is 32.2. The van der Waals surface area contributed by atoms with Gasteiger partial charge in [0.1, 0.15) is 11.6 Å². The average Bonchev–Trinajstić information content (AvgIpc) is 2.34. The van der Waals surface area contributed by atoms with Crippen LogP contribution in [0.3, 0.4) is 0 Å². The second-order valence-corrected chi connectivity index (χ2v) is 5.32. The predicted molar refractivity (Wildman–Crippen MR) is 66.8 cm³/mol. The number of nitrogens with one attached hydrogen (secondary N) is 1. The summed E-state index contributed by atoms with van der Waals surface area (Å²) in [5.41, 5.74) is 0.124. The van der Waals surface area contributed by atoms with E-state index in [9.17, 15) is 9.18 Å². The Morgan fingerprint density at radius 1 is 1.47 bits per heavy atom. The molecule has 0 saturated carbocycles. The number of phenols is 1. The molecule has 0 bridgehead atoms. The van der Waals surface area contributed by atoms with Gasteiger partial charge in [0.05, 0.1) is 10.9 Å². The number of aromatic hydroxyl groups is 1. The van der Waals surface area contributed by atoms with Crippen LogP contribution in [0.25, 0.3) is 0 Å². The van der Waals surface area contributed by atoms with Gasteiger partial charge in [-0.15, -0.1) is 11.8 Å². The van der Waals surface area contributed by atoms with Gasteiger partial charge in [-0.2, -0.15) is 0 Å². The Morgan fingerprint density at radius 2 is 2.29 bits per heavy atom. The number of carbonyl (C=O) groups excluding carboxylic acids is 1. The summed E-state index contributed by atoms with van der Waals surface area (Å²) in [7, 11) is 0. The summed E-state index contributed by atoms with van der Waals surface area (Å²) in [5, 5.41) is 11.5. The first-order chi connectivity index (χ1) is 8.16. The van der Waals surface area contributed by atoms with Crippen LogP contribution in [0.4, 0.5) is 10.1 Å². The lowest BCUT2D eigenvalue weighted by atomic mass is 10.2. The van der Waals surface area contributed by atoms with E-state index in [2.05, 4.69) is 5.32 Å². The van der Waals surface area contributed by atoms with Crippen molar-refractivity contribution >= 4 is 23.4 Å². The molecule has 92 valence electrons. The summed E-state index contributed by atoms with van der Waals surface area (Å²) < 4.78 is 13.4. The maximum Gasteiger partial charge on any atom is 0.237 e. The standard InChI is InChI=1S/C12H14FNO2S/c13-9-7-8(15)4-5-10(9)14-12(16)11-3-1-2-6-17-11/h4-5,7,11,15H,1-3,6H2,(H,14,16). The van der Waals surface area contributed by atoms with Gasteiger partial charge in [-0.1, -0.05) is 6.42 Å². The fourth-order valence-electron chi connectivity index (χ4n) is 1.77. The third-order valence-electron chi connectivity index (χ3n) is 2.68. The summed E-state index contributed by atoms with van der Waals surface area (Å²) in [4.78, 5) is 11.8. The highest BCUT2D eigenvalue weighted by Gasteiger charge is 2.22. The van der Waals surface area contributed by atoms with Crippen LogP contribution in [0.1, 0.15) is 19.3 Å². The molecule has 2 rings (SSSR count). The summed E-state index contributed by atoms with van der Waals surface area (Å²) in [5.74, 6) is 0.0712. The van der Waals surface area contributed by atoms with Crippen molar-refractivity contribution in [1.82, 2.24) is 0 Å². The lowest BCUT2D eigenvalue weighted by molar-refractivity contribution is -0.115. The number of rotatable bonds is 2. The van der Waals surface area contributed by atoms with E-state index in [0.29, 0.717) is 0 Å². The number of hydrogen-bond acceptors (Lipinski definition) is 3. The normalized spacial score (nSPS) is 19.9. The maximum atomic E-state index is 13.4. The molecule has 17 heavy (non-hydrogen) atoms.